The van der Waals surface area contributed by atoms with Crippen LogP contribution in [0.1, 0.15) is 25.0 Å². The van der Waals surface area contributed by atoms with E-state index in [4.69, 9.17) is 4.74 Å². The van der Waals surface area contributed by atoms with Crippen molar-refractivity contribution in [2.75, 3.05) is 25.6 Å². The van der Waals surface area contributed by atoms with E-state index in [2.05, 4.69) is 23.3 Å². The van der Waals surface area contributed by atoms with E-state index in [1.807, 2.05) is 74.0 Å². The maximum Gasteiger partial charge on any atom is 0.249 e. The van der Waals surface area contributed by atoms with Crippen LogP contribution < -0.4 is 5.32 Å². The fourth-order valence-corrected chi connectivity index (χ4v) is 3.37. The molecule has 0 unspecified atom stereocenters. The molecule has 0 saturated carbocycles. The summed E-state index contributed by atoms with van der Waals surface area (Å²) in [6.07, 6.45) is 1.91. The summed E-state index contributed by atoms with van der Waals surface area (Å²) in [6, 6.07) is 15.8. The van der Waals surface area contributed by atoms with Crippen molar-refractivity contribution in [1.29, 1.82) is 0 Å². The molecule has 0 bridgehead atoms. The highest BCUT2D eigenvalue weighted by Crippen LogP contribution is 2.25. The molecule has 2 amide bonds. The number of ether oxygens (including phenoxy) is 1. The lowest BCUT2D eigenvalue weighted by Crippen LogP contribution is -2.44. The molecule has 7 nitrogen and oxygen atoms in total. The van der Waals surface area contributed by atoms with Crippen molar-refractivity contribution in [3.05, 3.63) is 65.9 Å². The molecule has 2 aromatic carbocycles. The highest BCUT2D eigenvalue weighted by atomic mass is 16.5. The Morgan fingerprint density at radius 3 is 2.44 bits per heavy atom. The molecule has 168 valence electrons. The van der Waals surface area contributed by atoms with E-state index < -0.39 is 0 Å². The van der Waals surface area contributed by atoms with Crippen molar-refractivity contribution in [2.24, 2.45) is 0 Å². The molecule has 0 atom stereocenters. The molecule has 0 aliphatic heterocycles. The molecule has 0 fully saturated rings. The van der Waals surface area contributed by atoms with Gasteiger partial charge in [-0.3, -0.25) is 19.5 Å². The standard InChI is InChI=1S/C25H30N4O3/c1-17(2)28(24(31)16-32-5)15-23(30)27-25-26-22(20-9-7-6-8-10-20)14-29(25)21-12-11-18(3)19(4)13-21/h6-14,17H,15-16H2,1-5H3,(H,26,27,30). The van der Waals surface area contributed by atoms with Gasteiger partial charge in [0, 0.05) is 30.6 Å². The van der Waals surface area contributed by atoms with Crippen molar-refractivity contribution < 1.29 is 14.3 Å². The molecule has 3 aromatic rings. The molecular weight excluding hydrogens is 404 g/mol. The number of nitrogens with one attached hydrogen (secondary N) is 1. The number of imidazole rings is 1. The summed E-state index contributed by atoms with van der Waals surface area (Å²) in [7, 11) is 1.46. The first kappa shape index (κ1) is 23.2. The van der Waals surface area contributed by atoms with Crippen LogP contribution in [-0.2, 0) is 14.3 Å². The van der Waals surface area contributed by atoms with Gasteiger partial charge in [0.15, 0.2) is 0 Å². The van der Waals surface area contributed by atoms with Crippen LogP contribution in [0, 0.1) is 13.8 Å². The topological polar surface area (TPSA) is 76.5 Å². The summed E-state index contributed by atoms with van der Waals surface area (Å²) in [5.41, 5.74) is 4.92. The number of methoxy groups -OCH3 is 1. The molecule has 1 aromatic heterocycles. The molecule has 3 rings (SSSR count). The van der Waals surface area contributed by atoms with Crippen LogP contribution in [0.15, 0.2) is 54.7 Å². The minimum atomic E-state index is -0.321. The molecule has 0 saturated heterocycles. The number of carbonyl (C=O) groups excluding carboxylic acids is 2. The number of hydrogen-bond acceptors (Lipinski definition) is 4. The number of nitrogens with zero attached hydrogens (tertiary/aromatic N) is 3. The zero-order valence-electron chi connectivity index (χ0n) is 19.3. The van der Waals surface area contributed by atoms with Gasteiger partial charge < -0.3 is 9.64 Å². The van der Waals surface area contributed by atoms with Crippen LogP contribution in [0.3, 0.4) is 0 Å². The first-order valence-corrected chi connectivity index (χ1v) is 10.6. The van der Waals surface area contributed by atoms with Gasteiger partial charge in [-0.05, 0) is 51.0 Å². The number of aryl methyl sites for hydroxylation is 2. The van der Waals surface area contributed by atoms with E-state index in [9.17, 15) is 9.59 Å². The molecule has 32 heavy (non-hydrogen) atoms. The fourth-order valence-electron chi connectivity index (χ4n) is 3.37. The van der Waals surface area contributed by atoms with Gasteiger partial charge in [0.25, 0.3) is 0 Å². The SMILES string of the molecule is COCC(=O)N(CC(=O)Nc1nc(-c2ccccc2)cn1-c1ccc(C)c(C)c1)C(C)C. The first-order valence-electron chi connectivity index (χ1n) is 10.6. The van der Waals surface area contributed by atoms with Crippen LogP contribution in [0.5, 0.6) is 0 Å². The average molecular weight is 435 g/mol. The second-order valence-electron chi connectivity index (χ2n) is 8.05. The van der Waals surface area contributed by atoms with E-state index in [-0.39, 0.29) is 31.0 Å². The molecule has 0 aliphatic rings. The summed E-state index contributed by atoms with van der Waals surface area (Å²) >= 11 is 0. The smallest absolute Gasteiger partial charge is 0.249 e. The van der Waals surface area contributed by atoms with E-state index in [1.54, 1.807) is 0 Å². The lowest BCUT2D eigenvalue weighted by molar-refractivity contribution is -0.139. The summed E-state index contributed by atoms with van der Waals surface area (Å²) in [4.78, 5) is 31.4. The Labute approximate surface area is 189 Å². The summed E-state index contributed by atoms with van der Waals surface area (Å²) in [6.45, 7) is 7.69. The van der Waals surface area contributed by atoms with Crippen LogP contribution in [0.2, 0.25) is 0 Å². The Kier molecular flexibility index (Phi) is 7.43. The normalized spacial score (nSPS) is 10.9. The van der Waals surface area contributed by atoms with Crippen LogP contribution in [-0.4, -0.2) is 52.6 Å². The Hall–Kier alpha value is -3.45. The maximum atomic E-state index is 12.9. The van der Waals surface area contributed by atoms with Gasteiger partial charge in [0.2, 0.25) is 17.8 Å². The minimum Gasteiger partial charge on any atom is -0.375 e. The molecule has 7 heteroatoms. The van der Waals surface area contributed by atoms with Gasteiger partial charge in [-0.2, -0.15) is 0 Å². The second-order valence-corrected chi connectivity index (χ2v) is 8.05. The number of rotatable bonds is 8. The number of aromatic nitrogens is 2. The van der Waals surface area contributed by atoms with Gasteiger partial charge >= 0.3 is 0 Å². The van der Waals surface area contributed by atoms with Crippen molar-refractivity contribution in [2.45, 2.75) is 33.7 Å². The van der Waals surface area contributed by atoms with E-state index >= 15 is 0 Å². The van der Waals surface area contributed by atoms with Crippen molar-refractivity contribution >= 4 is 17.8 Å². The molecule has 0 spiro atoms. The van der Waals surface area contributed by atoms with Gasteiger partial charge in [-0.1, -0.05) is 36.4 Å². The molecule has 1 N–H and O–H groups in total. The van der Waals surface area contributed by atoms with E-state index in [0.717, 1.165) is 22.5 Å². The van der Waals surface area contributed by atoms with Gasteiger partial charge in [-0.25, -0.2) is 4.98 Å². The van der Waals surface area contributed by atoms with Crippen molar-refractivity contribution in [3.63, 3.8) is 0 Å². The monoisotopic (exact) mass is 434 g/mol. The summed E-state index contributed by atoms with van der Waals surface area (Å²) in [5.74, 6) is -0.154. The number of amides is 2. The molecule has 0 aliphatic carbocycles. The predicted octanol–water partition coefficient (Wildman–Crippen LogP) is 3.98. The third kappa shape index (κ3) is 5.42. The Morgan fingerprint density at radius 1 is 1.09 bits per heavy atom. The minimum absolute atomic E-state index is 0.0686. The highest BCUT2D eigenvalue weighted by Gasteiger charge is 2.21. The van der Waals surface area contributed by atoms with Crippen LogP contribution in [0.25, 0.3) is 16.9 Å². The van der Waals surface area contributed by atoms with E-state index in [0.29, 0.717) is 5.95 Å². The third-order valence-corrected chi connectivity index (χ3v) is 5.32. The molecule has 1 heterocycles. The first-order chi connectivity index (χ1) is 15.3. The largest absolute Gasteiger partial charge is 0.375 e. The van der Waals surface area contributed by atoms with Crippen molar-refractivity contribution in [3.8, 4) is 16.9 Å². The number of carbonyl (C=O) groups is 2. The molecular formula is C25H30N4O3. The Balaban J connectivity index is 1.93. The van der Waals surface area contributed by atoms with E-state index in [1.165, 1.54) is 17.6 Å². The van der Waals surface area contributed by atoms with Gasteiger partial charge in [0.05, 0.1) is 5.69 Å². The van der Waals surface area contributed by atoms with Gasteiger partial charge in [0.1, 0.15) is 13.2 Å². The Morgan fingerprint density at radius 2 is 1.81 bits per heavy atom. The zero-order valence-corrected chi connectivity index (χ0v) is 19.3. The summed E-state index contributed by atoms with van der Waals surface area (Å²) in [5, 5.41) is 2.89. The number of hydrogen-bond donors (Lipinski definition) is 1. The van der Waals surface area contributed by atoms with Crippen LogP contribution in [0.4, 0.5) is 5.95 Å². The van der Waals surface area contributed by atoms with Crippen LogP contribution >= 0.6 is 0 Å². The average Bonchev–Trinajstić information content (AvgIpc) is 3.18. The van der Waals surface area contributed by atoms with Crippen molar-refractivity contribution in [1.82, 2.24) is 14.5 Å². The Bertz CT molecular complexity index is 1090. The zero-order chi connectivity index (χ0) is 23.3. The lowest BCUT2D eigenvalue weighted by atomic mass is 10.1. The van der Waals surface area contributed by atoms with Gasteiger partial charge in [-0.15, -0.1) is 0 Å². The predicted molar refractivity (Wildman–Crippen MR) is 126 cm³/mol. The highest BCUT2D eigenvalue weighted by molar-refractivity contribution is 5.94. The number of anilines is 1. The fraction of sp³-hybridized carbons (Fsp3) is 0.320. The second kappa shape index (κ2) is 10.2. The number of benzene rings is 2. The molecule has 0 radical (unpaired) electrons. The quantitative estimate of drug-likeness (QED) is 0.582. The lowest BCUT2D eigenvalue weighted by Gasteiger charge is -2.25. The summed E-state index contributed by atoms with van der Waals surface area (Å²) < 4.78 is 6.81. The maximum absolute atomic E-state index is 12.9. The third-order valence-electron chi connectivity index (χ3n) is 5.32.